The number of alkyl halides is 1. The molecule has 5 N–H and O–H groups in total. The van der Waals surface area contributed by atoms with Crippen molar-refractivity contribution >= 4 is 66.2 Å². The van der Waals surface area contributed by atoms with Gasteiger partial charge in [-0.05, 0) is 49.4 Å². The number of carbonyl (C=O) groups is 1. The van der Waals surface area contributed by atoms with E-state index in [1.54, 1.807) is 21.6 Å². The number of hydrogen-bond donors (Lipinski definition) is 4. The summed E-state index contributed by atoms with van der Waals surface area (Å²) < 4.78 is 2.21. The van der Waals surface area contributed by atoms with Gasteiger partial charge >= 0.3 is 51.4 Å². The topological polar surface area (TPSA) is 103 Å². The third-order valence-electron chi connectivity index (χ3n) is 8.02. The number of carbonyl (C=O) groups excluding carboxylic acids is 1. The van der Waals surface area contributed by atoms with Gasteiger partial charge in [0.2, 0.25) is 5.69 Å². The van der Waals surface area contributed by atoms with Gasteiger partial charge in [-0.25, -0.2) is 0 Å². The number of benzene rings is 2. The molecule has 0 unspecified atom stereocenters. The van der Waals surface area contributed by atoms with Crippen LogP contribution >= 0.6 is 37.5 Å². The smallest absolute Gasteiger partial charge is 0.684 e. The van der Waals surface area contributed by atoms with Crippen LogP contribution in [0.15, 0.2) is 36.4 Å². The number of hydrogen-bond acceptors (Lipinski definition) is 5. The number of nitrogens with one attached hydrogen (secondary N) is 1. The molecule has 0 bridgehead atoms. The molecule has 0 fully saturated rings. The number of rotatable bonds is 16. The first-order chi connectivity index (χ1) is 20.1. The van der Waals surface area contributed by atoms with E-state index in [1.165, 1.54) is 17.0 Å². The van der Waals surface area contributed by atoms with E-state index in [2.05, 4.69) is 85.6 Å². The van der Waals surface area contributed by atoms with Crippen molar-refractivity contribution in [2.24, 2.45) is 0 Å². The Morgan fingerprint density at radius 2 is 1.79 bits per heavy atom. The van der Waals surface area contributed by atoms with Crippen LogP contribution in [0.1, 0.15) is 69.4 Å². The number of fused-ring (bicyclic) bond motifs is 1. The minimum Gasteiger partial charge on any atom is -0.684 e. The average molecular weight is 722 g/mol. The molecule has 2 aromatic rings. The molecule has 11 heteroatoms. The van der Waals surface area contributed by atoms with E-state index >= 15 is 0 Å². The number of aliphatic hydroxyl groups excluding tert-OH is 2. The Hall–Kier alpha value is 0.0764. The van der Waals surface area contributed by atoms with E-state index in [1.807, 2.05) is 29.3 Å². The van der Waals surface area contributed by atoms with Crippen molar-refractivity contribution in [3.8, 4) is 0 Å². The van der Waals surface area contributed by atoms with Crippen molar-refractivity contribution in [3.05, 3.63) is 58.4 Å². The zero-order valence-corrected chi connectivity index (χ0v) is 33.6. The maximum absolute atomic E-state index is 12.8. The fourth-order valence-corrected chi connectivity index (χ4v) is 6.74. The van der Waals surface area contributed by atoms with Gasteiger partial charge in [-0.2, -0.15) is 4.58 Å². The molecule has 7 nitrogen and oxygen atoms in total. The summed E-state index contributed by atoms with van der Waals surface area (Å²) >= 11 is 2.94. The van der Waals surface area contributed by atoms with Crippen LogP contribution in [-0.4, -0.2) is 83.1 Å². The number of quaternary nitrogens is 1. The number of nitrogens with zero attached hydrogens (tertiary/aromatic N) is 2. The van der Waals surface area contributed by atoms with Crippen LogP contribution in [0.25, 0.3) is 5.32 Å². The van der Waals surface area contributed by atoms with Crippen LogP contribution in [0.3, 0.4) is 0 Å². The predicted octanol–water partition coefficient (Wildman–Crippen LogP) is 2.78. The molecular formula is C32H50BrKN4O3S2+2. The zero-order chi connectivity index (χ0) is 31.3. The van der Waals surface area contributed by atoms with E-state index in [-0.39, 0.29) is 81.3 Å². The molecule has 0 saturated heterocycles. The maximum atomic E-state index is 12.8. The molecule has 2 aromatic carbocycles. The van der Waals surface area contributed by atoms with E-state index in [0.29, 0.717) is 25.2 Å². The van der Waals surface area contributed by atoms with Gasteiger partial charge < -0.3 is 26.2 Å². The molecule has 0 aromatic heterocycles. The molecule has 1 heterocycles. The summed E-state index contributed by atoms with van der Waals surface area (Å²) in [5, 5.41) is 28.6. The Bertz CT molecular complexity index is 1210. The van der Waals surface area contributed by atoms with Gasteiger partial charge in [0.25, 0.3) is 5.91 Å². The Morgan fingerprint density at radius 3 is 2.44 bits per heavy atom. The van der Waals surface area contributed by atoms with Crippen molar-refractivity contribution in [1.29, 1.82) is 0 Å². The van der Waals surface area contributed by atoms with Crippen molar-refractivity contribution < 1.29 is 76.3 Å². The fraction of sp³-hybridized carbons (Fsp3) is 0.562. The molecule has 0 aliphatic carbocycles. The molecule has 0 atom stereocenters. The molecule has 3 rings (SSSR count). The summed E-state index contributed by atoms with van der Waals surface area (Å²) in [6.45, 7) is 16.0. The number of nitrogens with two attached hydrogens (primary N) is 1. The molecule has 1 amide bonds. The first-order valence-electron chi connectivity index (χ1n) is 14.6. The maximum Gasteiger partial charge on any atom is 1.00 e. The first-order valence-corrected chi connectivity index (χ1v) is 18.7. The summed E-state index contributed by atoms with van der Waals surface area (Å²) in [5.74, 6) is 3.50. The summed E-state index contributed by atoms with van der Waals surface area (Å²) in [6.07, 6.45) is 0.962. The molecule has 0 saturated carbocycles. The third-order valence-corrected chi connectivity index (χ3v) is 10.4. The molecule has 234 valence electrons. The van der Waals surface area contributed by atoms with Gasteiger partial charge in [0.1, 0.15) is 18.8 Å². The second-order valence-corrected chi connectivity index (χ2v) is 14.0. The minimum atomic E-state index is -0.0702. The number of aliphatic hydroxyl groups is 2. The number of halogens is 1. The van der Waals surface area contributed by atoms with E-state index < -0.39 is 0 Å². The quantitative estimate of drug-likeness (QED) is 0.0534. The largest absolute Gasteiger partial charge is 1.00 e. The molecule has 1 aliphatic rings. The number of amides is 1. The molecular weight excluding hydrogens is 672 g/mol. The molecule has 0 spiro atoms. The van der Waals surface area contributed by atoms with Crippen molar-refractivity contribution in [2.75, 3.05) is 56.7 Å². The fourth-order valence-electron chi connectivity index (χ4n) is 4.97. The summed E-state index contributed by atoms with van der Waals surface area (Å²) in [7, 11) is 3.53. The van der Waals surface area contributed by atoms with Gasteiger partial charge in [-0.1, -0.05) is 70.4 Å². The predicted molar refractivity (Wildman–Crippen MR) is 185 cm³/mol. The van der Waals surface area contributed by atoms with Crippen LogP contribution in [0.5, 0.6) is 0 Å². The van der Waals surface area contributed by atoms with Gasteiger partial charge in [0.05, 0.1) is 12.0 Å². The first kappa shape index (κ1) is 41.1. The van der Waals surface area contributed by atoms with Crippen LogP contribution < -0.4 is 62.0 Å². The van der Waals surface area contributed by atoms with Crippen molar-refractivity contribution in [3.63, 3.8) is 0 Å². The van der Waals surface area contributed by atoms with Crippen LogP contribution in [0.4, 0.5) is 17.1 Å². The van der Waals surface area contributed by atoms with Crippen LogP contribution in [0.2, 0.25) is 0 Å². The zero-order valence-electron chi connectivity index (χ0n) is 27.3. The van der Waals surface area contributed by atoms with Crippen molar-refractivity contribution in [1.82, 2.24) is 5.32 Å². The second kappa shape index (κ2) is 20.3. The van der Waals surface area contributed by atoms with Crippen LogP contribution in [-0.2, 0) is 10.8 Å². The monoisotopic (exact) mass is 720 g/mol. The van der Waals surface area contributed by atoms with Crippen LogP contribution in [0, 0.1) is 0 Å². The van der Waals surface area contributed by atoms with Crippen molar-refractivity contribution in [2.45, 2.75) is 58.8 Å². The Balaban J connectivity index is 0.00000302. The minimum absolute atomic E-state index is 0. The summed E-state index contributed by atoms with van der Waals surface area (Å²) in [5.41, 5.74) is 7.48. The Morgan fingerprint density at radius 1 is 1.09 bits per heavy atom. The third kappa shape index (κ3) is 11.4. The molecule has 1 aliphatic heterocycles. The van der Waals surface area contributed by atoms with E-state index in [0.717, 1.165) is 41.4 Å². The van der Waals surface area contributed by atoms with E-state index in [4.69, 9.17) is 5.32 Å². The van der Waals surface area contributed by atoms with Gasteiger partial charge in [-0.15, -0.1) is 12.2 Å². The van der Waals surface area contributed by atoms with Gasteiger partial charge in [0.15, 0.2) is 12.3 Å². The summed E-state index contributed by atoms with van der Waals surface area (Å²) in [4.78, 5) is 12.8. The second-order valence-electron chi connectivity index (χ2n) is 11.3. The summed E-state index contributed by atoms with van der Waals surface area (Å²) in [6, 6.07) is 12.3. The SMILES string of the molecule is CBr.CCC(C)(C)c1cc(C(=O)NCCSSCC[N-]c2ccc3c(c2)C(C)(C)C(C)=[N+]3CCO)ccc1[NH2+]CCO.[K+]. The standard InChI is InChI=1S/C31H46N4O3S2.CH3Br.K/c1-7-30(3,4)25-20-23(8-10-27(25)33-12-16-36)29(38)34-14-19-40-39-18-13-32-24-9-11-28-26(21-24)31(5,6)22(2)35(28)15-17-37;1-2;/h8-11,20-21,36-37H,7,12-19H2,1-6H3,(H2,33,34,38);1H3;/q;;+1/p+1. The normalized spacial score (nSPS) is 13.5. The average Bonchev–Trinajstić information content (AvgIpc) is 3.18. The Labute approximate surface area is 318 Å². The Kier molecular flexibility index (Phi) is 19.4. The number of β-amino-alcohol motifs (C(OH)–C–C–N with tert-alkyl or cyclic N) is 1. The van der Waals surface area contributed by atoms with Gasteiger partial charge in [0, 0.05) is 48.0 Å². The molecule has 43 heavy (non-hydrogen) atoms. The van der Waals surface area contributed by atoms with Gasteiger partial charge in [-0.3, -0.25) is 4.79 Å². The van der Waals surface area contributed by atoms with E-state index in [9.17, 15) is 15.0 Å². The molecule has 0 radical (unpaired) electrons.